The fraction of sp³-hybridized carbons (Fsp3) is 0.308. The summed E-state index contributed by atoms with van der Waals surface area (Å²) in [5, 5.41) is 5.11. The molecule has 5 nitrogen and oxygen atoms in total. The Hall–Kier alpha value is -2.96. The highest BCUT2D eigenvalue weighted by atomic mass is 32.1. The largest absolute Gasteiger partial charge is 0.369 e. The molecular formula is C26H26N2O3S. The van der Waals surface area contributed by atoms with E-state index in [1.807, 2.05) is 53.4 Å². The van der Waals surface area contributed by atoms with E-state index in [4.69, 9.17) is 4.74 Å². The highest BCUT2D eigenvalue weighted by Crippen LogP contribution is 2.44. The lowest BCUT2D eigenvalue weighted by atomic mass is 9.85. The van der Waals surface area contributed by atoms with E-state index in [0.717, 1.165) is 31.4 Å². The zero-order chi connectivity index (χ0) is 22.0. The lowest BCUT2D eigenvalue weighted by Crippen LogP contribution is -2.51. The normalized spacial score (nSPS) is 18.1. The number of fused-ring (bicyclic) bond motifs is 2. The second-order valence-electron chi connectivity index (χ2n) is 8.38. The monoisotopic (exact) mass is 446 g/mol. The smallest absolute Gasteiger partial charge is 0.252 e. The van der Waals surface area contributed by atoms with Crippen molar-refractivity contribution < 1.29 is 14.3 Å². The average molecular weight is 447 g/mol. The van der Waals surface area contributed by atoms with E-state index in [-0.39, 0.29) is 17.4 Å². The summed E-state index contributed by atoms with van der Waals surface area (Å²) in [6, 6.07) is 20.0. The van der Waals surface area contributed by atoms with Crippen molar-refractivity contribution >= 4 is 23.2 Å². The average Bonchev–Trinajstić information content (AvgIpc) is 3.34. The van der Waals surface area contributed by atoms with Gasteiger partial charge < -0.3 is 15.0 Å². The molecule has 1 unspecified atom stereocenters. The highest BCUT2D eigenvalue weighted by Gasteiger charge is 2.43. The van der Waals surface area contributed by atoms with Crippen LogP contribution in [-0.4, -0.2) is 36.4 Å². The van der Waals surface area contributed by atoms with Crippen molar-refractivity contribution in [3.63, 3.8) is 0 Å². The van der Waals surface area contributed by atoms with Gasteiger partial charge in [-0.05, 0) is 54.0 Å². The minimum Gasteiger partial charge on any atom is -0.369 e. The summed E-state index contributed by atoms with van der Waals surface area (Å²) in [7, 11) is 0. The third kappa shape index (κ3) is 3.96. The van der Waals surface area contributed by atoms with Gasteiger partial charge in [-0.1, -0.05) is 48.5 Å². The van der Waals surface area contributed by atoms with Gasteiger partial charge in [-0.15, -0.1) is 11.3 Å². The lowest BCUT2D eigenvalue weighted by molar-refractivity contribution is -0.142. The molecule has 0 aliphatic carbocycles. The Morgan fingerprint density at radius 1 is 0.969 bits per heavy atom. The molecule has 1 aromatic heterocycles. The summed E-state index contributed by atoms with van der Waals surface area (Å²) in [5.74, 6) is -0.322. The van der Waals surface area contributed by atoms with Gasteiger partial charge in [-0.2, -0.15) is 0 Å². The molecule has 0 radical (unpaired) electrons. The molecule has 1 atom stereocenters. The Morgan fingerprint density at radius 2 is 1.66 bits per heavy atom. The van der Waals surface area contributed by atoms with E-state index in [2.05, 4.69) is 16.8 Å². The zero-order valence-electron chi connectivity index (χ0n) is 17.8. The highest BCUT2D eigenvalue weighted by molar-refractivity contribution is 7.10. The summed E-state index contributed by atoms with van der Waals surface area (Å²) in [6.07, 6.45) is 2.52. The van der Waals surface area contributed by atoms with Crippen molar-refractivity contribution in [2.24, 2.45) is 0 Å². The number of likely N-dealkylation sites (tertiary alicyclic amines) is 1. The first-order valence-corrected chi connectivity index (χ1v) is 11.9. The van der Waals surface area contributed by atoms with Gasteiger partial charge >= 0.3 is 0 Å². The molecule has 2 aromatic carbocycles. The summed E-state index contributed by atoms with van der Waals surface area (Å²) in [4.78, 5) is 29.7. The fourth-order valence-electron chi connectivity index (χ4n) is 4.73. The van der Waals surface area contributed by atoms with Gasteiger partial charge in [0.15, 0.2) is 0 Å². The lowest BCUT2D eigenvalue weighted by Gasteiger charge is -2.44. The van der Waals surface area contributed by atoms with Gasteiger partial charge in [0, 0.05) is 23.5 Å². The van der Waals surface area contributed by atoms with Crippen LogP contribution in [0.3, 0.4) is 0 Å². The molecule has 5 rings (SSSR count). The van der Waals surface area contributed by atoms with Crippen LogP contribution in [0, 0.1) is 0 Å². The van der Waals surface area contributed by atoms with Gasteiger partial charge in [0.25, 0.3) is 5.91 Å². The molecule has 3 aromatic rings. The zero-order valence-corrected chi connectivity index (χ0v) is 18.6. The number of nitrogens with one attached hydrogen (secondary N) is 1. The molecule has 6 heteroatoms. The first-order chi connectivity index (χ1) is 15.7. The van der Waals surface area contributed by atoms with E-state index >= 15 is 0 Å². The van der Waals surface area contributed by atoms with E-state index in [0.29, 0.717) is 18.7 Å². The number of benzene rings is 2. The van der Waals surface area contributed by atoms with Gasteiger partial charge in [-0.3, -0.25) is 9.59 Å². The van der Waals surface area contributed by atoms with Gasteiger partial charge in [0.2, 0.25) is 5.91 Å². The second kappa shape index (κ2) is 8.88. The van der Waals surface area contributed by atoms with Gasteiger partial charge in [-0.25, -0.2) is 0 Å². The van der Waals surface area contributed by atoms with E-state index in [9.17, 15) is 9.59 Å². The molecule has 32 heavy (non-hydrogen) atoms. The number of carbonyl (C=O) groups excluding carboxylic acids is 2. The Labute approximate surface area is 192 Å². The van der Waals surface area contributed by atoms with Gasteiger partial charge in [0.05, 0.1) is 6.61 Å². The number of hydrogen-bond acceptors (Lipinski definition) is 4. The molecule has 2 aliphatic rings. The number of amides is 2. The molecule has 1 N–H and O–H groups in total. The van der Waals surface area contributed by atoms with Crippen LogP contribution in [0.25, 0.3) is 0 Å². The number of piperidine rings is 1. The summed E-state index contributed by atoms with van der Waals surface area (Å²) in [5.41, 5.74) is 2.45. The van der Waals surface area contributed by atoms with Crippen LogP contribution in [0.15, 0.2) is 72.1 Å². The predicted octanol–water partition coefficient (Wildman–Crippen LogP) is 4.31. The van der Waals surface area contributed by atoms with Crippen LogP contribution in [-0.2, 0) is 21.6 Å². The number of nitrogens with zero attached hydrogens (tertiary/aromatic N) is 1. The summed E-state index contributed by atoms with van der Waals surface area (Å²) in [6.45, 7) is 1.96. The Morgan fingerprint density at radius 3 is 2.38 bits per heavy atom. The topological polar surface area (TPSA) is 58.6 Å². The van der Waals surface area contributed by atoms with Crippen molar-refractivity contribution in [2.75, 3.05) is 19.7 Å². The van der Waals surface area contributed by atoms with Crippen molar-refractivity contribution in [3.8, 4) is 0 Å². The molecule has 1 spiro atoms. The third-order valence-corrected chi connectivity index (χ3v) is 7.63. The minimum absolute atomic E-state index is 0.0717. The Kier molecular flexibility index (Phi) is 5.81. The molecule has 0 saturated carbocycles. The van der Waals surface area contributed by atoms with Crippen molar-refractivity contribution in [2.45, 2.75) is 30.9 Å². The molecule has 1 fully saturated rings. The SMILES string of the molecule is O=C(NC(C(=O)N1CCC2(CC1)OCCc1ccsc12)c1ccccc1)c1ccccc1. The van der Waals surface area contributed by atoms with Crippen LogP contribution in [0.4, 0.5) is 0 Å². The molecular weight excluding hydrogens is 420 g/mol. The first kappa shape index (κ1) is 20.9. The van der Waals surface area contributed by atoms with E-state index < -0.39 is 6.04 Å². The number of carbonyl (C=O) groups is 2. The maximum Gasteiger partial charge on any atom is 0.252 e. The quantitative estimate of drug-likeness (QED) is 0.650. The number of thiophene rings is 1. The first-order valence-electron chi connectivity index (χ1n) is 11.1. The number of ether oxygens (including phenoxy) is 1. The van der Waals surface area contributed by atoms with Crippen LogP contribution >= 0.6 is 11.3 Å². The molecule has 0 bridgehead atoms. The van der Waals surface area contributed by atoms with Crippen molar-refractivity contribution in [1.29, 1.82) is 0 Å². The van der Waals surface area contributed by atoms with Crippen LogP contribution in [0.5, 0.6) is 0 Å². The predicted molar refractivity (Wildman–Crippen MR) is 125 cm³/mol. The van der Waals surface area contributed by atoms with E-state index in [1.165, 1.54) is 10.4 Å². The second-order valence-corrected chi connectivity index (χ2v) is 9.29. The van der Waals surface area contributed by atoms with Gasteiger partial charge in [0.1, 0.15) is 11.6 Å². The number of rotatable bonds is 4. The minimum atomic E-state index is -0.720. The molecule has 1 saturated heterocycles. The molecule has 164 valence electrons. The molecule has 2 aliphatic heterocycles. The summed E-state index contributed by atoms with van der Waals surface area (Å²) >= 11 is 1.76. The van der Waals surface area contributed by atoms with Crippen molar-refractivity contribution in [3.05, 3.63) is 93.7 Å². The molecule has 3 heterocycles. The standard InChI is InChI=1S/C26H26N2O3S/c29-24(21-9-5-2-6-10-21)27-22(19-7-3-1-4-8-19)25(30)28-15-13-26(14-16-28)23-20(11-17-31-26)12-18-32-23/h1-10,12,18,22H,11,13-17H2,(H,27,29). The van der Waals surface area contributed by atoms with E-state index in [1.54, 1.807) is 23.5 Å². The number of hydrogen-bond donors (Lipinski definition) is 1. The maximum absolute atomic E-state index is 13.6. The maximum atomic E-state index is 13.6. The third-order valence-electron chi connectivity index (χ3n) is 6.48. The molecule has 2 amide bonds. The summed E-state index contributed by atoms with van der Waals surface area (Å²) < 4.78 is 6.29. The van der Waals surface area contributed by atoms with Crippen LogP contribution in [0.2, 0.25) is 0 Å². The Bertz CT molecular complexity index is 1090. The van der Waals surface area contributed by atoms with Crippen LogP contribution in [0.1, 0.15) is 45.2 Å². The Balaban J connectivity index is 1.34. The van der Waals surface area contributed by atoms with Crippen molar-refractivity contribution in [1.82, 2.24) is 10.2 Å². The fourth-order valence-corrected chi connectivity index (χ4v) is 5.90. The van der Waals surface area contributed by atoms with Crippen LogP contribution < -0.4 is 5.32 Å².